The van der Waals surface area contributed by atoms with Gasteiger partial charge in [-0.25, -0.2) is 4.98 Å². The first-order chi connectivity index (χ1) is 16.1. The summed E-state index contributed by atoms with van der Waals surface area (Å²) >= 11 is 0. The van der Waals surface area contributed by atoms with Crippen molar-refractivity contribution in [2.75, 3.05) is 5.32 Å². The number of imidazole rings is 1. The van der Waals surface area contributed by atoms with Gasteiger partial charge in [-0.1, -0.05) is 54.6 Å². The number of anilines is 1. The van der Waals surface area contributed by atoms with E-state index in [-0.39, 0.29) is 19.1 Å². The monoisotopic (exact) mass is 435 g/mol. The molecule has 0 spiro atoms. The van der Waals surface area contributed by atoms with Crippen molar-refractivity contribution in [2.24, 2.45) is 0 Å². The molecule has 4 aromatic carbocycles. The lowest BCUT2D eigenvalue weighted by molar-refractivity contribution is -0.116. The first-order valence-electron chi connectivity index (χ1n) is 11.0. The molecule has 5 nitrogen and oxygen atoms in total. The zero-order valence-corrected chi connectivity index (χ0v) is 18.7. The maximum absolute atomic E-state index is 12.9. The number of ether oxygens (including phenoxy) is 1. The molecule has 0 saturated carbocycles. The SMILES string of the molecule is Cc1cc(C)cc(NC(=O)Cn2c(COc3cccc4ccccc34)nc3ccccc32)c1. The summed E-state index contributed by atoms with van der Waals surface area (Å²) in [6.45, 7) is 4.46. The van der Waals surface area contributed by atoms with Gasteiger partial charge in [0.05, 0.1) is 11.0 Å². The molecule has 0 bridgehead atoms. The van der Waals surface area contributed by atoms with Crippen LogP contribution in [-0.4, -0.2) is 15.5 Å². The van der Waals surface area contributed by atoms with Gasteiger partial charge < -0.3 is 14.6 Å². The summed E-state index contributed by atoms with van der Waals surface area (Å²) < 4.78 is 8.12. The summed E-state index contributed by atoms with van der Waals surface area (Å²) in [4.78, 5) is 17.7. The van der Waals surface area contributed by atoms with Crippen LogP contribution in [0.4, 0.5) is 5.69 Å². The van der Waals surface area contributed by atoms with Crippen LogP contribution in [0, 0.1) is 13.8 Å². The molecule has 164 valence electrons. The molecule has 0 fully saturated rings. The van der Waals surface area contributed by atoms with E-state index in [0.29, 0.717) is 5.82 Å². The van der Waals surface area contributed by atoms with Crippen LogP contribution in [0.1, 0.15) is 17.0 Å². The molecule has 5 rings (SSSR count). The Bertz CT molecular complexity index is 1440. The van der Waals surface area contributed by atoms with Crippen molar-refractivity contribution in [1.29, 1.82) is 0 Å². The molecule has 1 N–H and O–H groups in total. The highest BCUT2D eigenvalue weighted by molar-refractivity contribution is 5.92. The van der Waals surface area contributed by atoms with E-state index in [4.69, 9.17) is 9.72 Å². The molecular formula is C28H25N3O2. The van der Waals surface area contributed by atoms with Crippen LogP contribution in [0.5, 0.6) is 5.75 Å². The number of rotatable bonds is 6. The molecule has 1 aromatic heterocycles. The number of fused-ring (bicyclic) bond motifs is 2. The summed E-state index contributed by atoms with van der Waals surface area (Å²) in [5.74, 6) is 1.40. The molecule has 5 aromatic rings. The van der Waals surface area contributed by atoms with Crippen molar-refractivity contribution >= 4 is 33.4 Å². The predicted molar refractivity (Wildman–Crippen MR) is 133 cm³/mol. The number of aromatic nitrogens is 2. The Morgan fingerprint density at radius 2 is 1.64 bits per heavy atom. The molecule has 0 aliphatic carbocycles. The number of carbonyl (C=O) groups excluding carboxylic acids is 1. The van der Waals surface area contributed by atoms with Crippen molar-refractivity contribution in [1.82, 2.24) is 9.55 Å². The highest BCUT2D eigenvalue weighted by Gasteiger charge is 2.15. The molecule has 1 heterocycles. The van der Waals surface area contributed by atoms with Crippen LogP contribution in [0.25, 0.3) is 21.8 Å². The maximum atomic E-state index is 12.9. The topological polar surface area (TPSA) is 56.2 Å². The maximum Gasteiger partial charge on any atom is 0.244 e. The lowest BCUT2D eigenvalue weighted by Crippen LogP contribution is -2.21. The lowest BCUT2D eigenvalue weighted by atomic mass is 10.1. The average molecular weight is 436 g/mol. The van der Waals surface area contributed by atoms with Gasteiger partial charge >= 0.3 is 0 Å². The Kier molecular flexibility index (Phi) is 5.53. The van der Waals surface area contributed by atoms with Crippen molar-refractivity contribution in [2.45, 2.75) is 27.0 Å². The lowest BCUT2D eigenvalue weighted by Gasteiger charge is -2.13. The Morgan fingerprint density at radius 1 is 0.909 bits per heavy atom. The summed E-state index contributed by atoms with van der Waals surface area (Å²) in [7, 11) is 0. The zero-order chi connectivity index (χ0) is 22.8. The van der Waals surface area contributed by atoms with Gasteiger partial charge in [-0.3, -0.25) is 4.79 Å². The number of hydrogen-bond acceptors (Lipinski definition) is 3. The normalized spacial score (nSPS) is 11.1. The fourth-order valence-electron chi connectivity index (χ4n) is 4.27. The molecule has 1 amide bonds. The Hall–Kier alpha value is -4.12. The van der Waals surface area contributed by atoms with E-state index in [2.05, 4.69) is 23.5 Å². The summed E-state index contributed by atoms with van der Waals surface area (Å²) in [5, 5.41) is 5.20. The van der Waals surface area contributed by atoms with E-state index in [1.807, 2.05) is 85.1 Å². The van der Waals surface area contributed by atoms with Gasteiger partial charge in [0, 0.05) is 11.1 Å². The van der Waals surface area contributed by atoms with E-state index >= 15 is 0 Å². The standard InChI is InChI=1S/C28H25N3O2/c1-19-14-20(2)16-22(15-19)29-28(32)17-31-25-12-6-5-11-24(25)30-27(31)18-33-26-13-7-9-21-8-3-4-10-23(21)26/h3-16H,17-18H2,1-2H3,(H,29,32). The van der Waals surface area contributed by atoms with Crippen LogP contribution in [0.3, 0.4) is 0 Å². The van der Waals surface area contributed by atoms with Crippen molar-refractivity contribution in [3.8, 4) is 5.75 Å². The third kappa shape index (κ3) is 4.44. The third-order valence-electron chi connectivity index (χ3n) is 5.65. The summed E-state index contributed by atoms with van der Waals surface area (Å²) in [6.07, 6.45) is 0. The largest absolute Gasteiger partial charge is 0.485 e. The van der Waals surface area contributed by atoms with E-state index < -0.39 is 0 Å². The molecular weight excluding hydrogens is 410 g/mol. The molecule has 0 unspecified atom stereocenters. The van der Waals surface area contributed by atoms with Crippen molar-refractivity contribution in [3.63, 3.8) is 0 Å². The van der Waals surface area contributed by atoms with Crippen LogP contribution >= 0.6 is 0 Å². The fourth-order valence-corrected chi connectivity index (χ4v) is 4.27. The molecule has 0 radical (unpaired) electrons. The van der Waals surface area contributed by atoms with E-state index in [9.17, 15) is 4.79 Å². The number of para-hydroxylation sites is 2. The second-order valence-electron chi connectivity index (χ2n) is 8.29. The Morgan fingerprint density at radius 3 is 2.48 bits per heavy atom. The van der Waals surface area contributed by atoms with E-state index in [1.54, 1.807) is 0 Å². The highest BCUT2D eigenvalue weighted by atomic mass is 16.5. The molecule has 0 aliphatic rings. The molecule has 5 heteroatoms. The smallest absolute Gasteiger partial charge is 0.244 e. The van der Waals surface area contributed by atoms with E-state index in [0.717, 1.165) is 44.4 Å². The van der Waals surface area contributed by atoms with Gasteiger partial charge in [0.25, 0.3) is 0 Å². The average Bonchev–Trinajstić information content (AvgIpc) is 3.14. The molecule has 0 aliphatic heterocycles. The number of aryl methyl sites for hydroxylation is 2. The van der Waals surface area contributed by atoms with Gasteiger partial charge in [-0.2, -0.15) is 0 Å². The first-order valence-corrected chi connectivity index (χ1v) is 11.0. The molecule has 0 atom stereocenters. The van der Waals surface area contributed by atoms with Crippen LogP contribution in [-0.2, 0) is 17.9 Å². The van der Waals surface area contributed by atoms with Gasteiger partial charge in [0.15, 0.2) is 0 Å². The number of nitrogens with zero attached hydrogens (tertiary/aromatic N) is 2. The minimum Gasteiger partial charge on any atom is -0.485 e. The van der Waals surface area contributed by atoms with Gasteiger partial charge in [-0.15, -0.1) is 0 Å². The van der Waals surface area contributed by atoms with Crippen molar-refractivity contribution in [3.05, 3.63) is 102 Å². The zero-order valence-electron chi connectivity index (χ0n) is 18.7. The van der Waals surface area contributed by atoms with Gasteiger partial charge in [0.2, 0.25) is 5.91 Å². The Balaban J connectivity index is 1.42. The minimum atomic E-state index is -0.102. The number of benzene rings is 4. The second-order valence-corrected chi connectivity index (χ2v) is 8.29. The van der Waals surface area contributed by atoms with Gasteiger partial charge in [0.1, 0.15) is 24.7 Å². The number of nitrogens with one attached hydrogen (secondary N) is 1. The number of amides is 1. The minimum absolute atomic E-state index is 0.102. The summed E-state index contributed by atoms with van der Waals surface area (Å²) in [6, 6.07) is 28.0. The highest BCUT2D eigenvalue weighted by Crippen LogP contribution is 2.26. The molecule has 33 heavy (non-hydrogen) atoms. The fraction of sp³-hybridized carbons (Fsp3) is 0.143. The quantitative estimate of drug-likeness (QED) is 0.355. The van der Waals surface area contributed by atoms with Crippen molar-refractivity contribution < 1.29 is 9.53 Å². The number of hydrogen-bond donors (Lipinski definition) is 1. The van der Waals surface area contributed by atoms with Crippen LogP contribution in [0.2, 0.25) is 0 Å². The number of carbonyl (C=O) groups is 1. The first kappa shape index (κ1) is 20.8. The van der Waals surface area contributed by atoms with Crippen LogP contribution < -0.4 is 10.1 Å². The van der Waals surface area contributed by atoms with E-state index in [1.165, 1.54) is 0 Å². The predicted octanol–water partition coefficient (Wildman–Crippen LogP) is 6.02. The van der Waals surface area contributed by atoms with Gasteiger partial charge in [-0.05, 0) is 60.7 Å². The second kappa shape index (κ2) is 8.79. The third-order valence-corrected chi connectivity index (χ3v) is 5.65. The summed E-state index contributed by atoms with van der Waals surface area (Å²) in [5.41, 5.74) is 4.78. The molecule has 0 saturated heterocycles. The Labute approximate surface area is 192 Å². The van der Waals surface area contributed by atoms with Crippen LogP contribution in [0.15, 0.2) is 84.9 Å².